The highest BCUT2D eigenvalue weighted by Crippen LogP contribution is 2.48. The molecule has 1 heterocycles. The minimum Gasteiger partial charge on any atom is -0.468 e. The lowest BCUT2D eigenvalue weighted by Crippen LogP contribution is -2.23. The Morgan fingerprint density at radius 2 is 2.06 bits per heavy atom. The molecule has 1 N–H and O–H groups in total. The molecule has 4 nitrogen and oxygen atoms in total. The fourth-order valence-electron chi connectivity index (χ4n) is 2.09. The largest absolute Gasteiger partial charge is 0.468 e. The van der Waals surface area contributed by atoms with Gasteiger partial charge < -0.3 is 9.72 Å². The number of fused-ring (bicyclic) bond motifs is 1. The van der Waals surface area contributed by atoms with Gasteiger partial charge in [0.15, 0.2) is 0 Å². The van der Waals surface area contributed by atoms with Crippen molar-refractivity contribution in [2.75, 3.05) is 7.11 Å². The summed E-state index contributed by atoms with van der Waals surface area (Å²) >= 11 is 11.9. The molecule has 1 saturated carbocycles. The van der Waals surface area contributed by atoms with Crippen LogP contribution in [0.5, 0.6) is 0 Å². The molecule has 1 aliphatic rings. The second-order valence-electron chi connectivity index (χ2n) is 4.44. The van der Waals surface area contributed by atoms with Crippen LogP contribution in [0.15, 0.2) is 12.1 Å². The van der Waals surface area contributed by atoms with E-state index in [1.807, 2.05) is 0 Å². The van der Waals surface area contributed by atoms with Crippen molar-refractivity contribution in [3.05, 3.63) is 28.0 Å². The first kappa shape index (κ1) is 11.8. The lowest BCUT2D eigenvalue weighted by Gasteiger charge is -2.08. The van der Waals surface area contributed by atoms with Crippen molar-refractivity contribution in [2.24, 2.45) is 0 Å². The first-order valence-electron chi connectivity index (χ1n) is 5.50. The van der Waals surface area contributed by atoms with E-state index in [1.54, 1.807) is 12.1 Å². The molecule has 0 spiro atoms. The zero-order chi connectivity index (χ0) is 12.9. The second-order valence-corrected chi connectivity index (χ2v) is 5.26. The molecule has 1 aromatic carbocycles. The van der Waals surface area contributed by atoms with Crippen molar-refractivity contribution >= 4 is 40.2 Å². The Morgan fingerprint density at radius 3 is 2.67 bits per heavy atom. The Balaban J connectivity index is 2.12. The average molecular weight is 285 g/mol. The molecule has 0 aliphatic heterocycles. The van der Waals surface area contributed by atoms with Crippen LogP contribution < -0.4 is 0 Å². The van der Waals surface area contributed by atoms with Gasteiger partial charge in [-0.2, -0.15) is 0 Å². The molecule has 6 heteroatoms. The summed E-state index contributed by atoms with van der Waals surface area (Å²) in [7, 11) is 1.39. The minimum absolute atomic E-state index is 0.251. The highest BCUT2D eigenvalue weighted by Gasteiger charge is 2.55. The van der Waals surface area contributed by atoms with Gasteiger partial charge in [0.2, 0.25) is 0 Å². The summed E-state index contributed by atoms with van der Waals surface area (Å²) in [6, 6.07) is 3.40. The zero-order valence-corrected chi connectivity index (χ0v) is 11.1. The highest BCUT2D eigenvalue weighted by atomic mass is 35.5. The number of halogens is 2. The monoisotopic (exact) mass is 284 g/mol. The molecule has 1 fully saturated rings. The number of hydrogen-bond donors (Lipinski definition) is 1. The number of rotatable bonds is 2. The van der Waals surface area contributed by atoms with E-state index < -0.39 is 5.41 Å². The van der Waals surface area contributed by atoms with Crippen molar-refractivity contribution in [3.63, 3.8) is 0 Å². The molecule has 0 bridgehead atoms. The van der Waals surface area contributed by atoms with E-state index in [-0.39, 0.29) is 5.97 Å². The number of aromatic nitrogens is 2. The van der Waals surface area contributed by atoms with Crippen LogP contribution in [0.4, 0.5) is 0 Å². The molecule has 1 aromatic heterocycles. The number of carbonyl (C=O) groups excluding carboxylic acids is 1. The van der Waals surface area contributed by atoms with Crippen LogP contribution in [0.3, 0.4) is 0 Å². The van der Waals surface area contributed by atoms with Crippen molar-refractivity contribution in [3.8, 4) is 0 Å². The summed E-state index contributed by atoms with van der Waals surface area (Å²) in [5, 5.41) is 0.910. The highest BCUT2D eigenvalue weighted by molar-refractivity contribution is 6.42. The van der Waals surface area contributed by atoms with Crippen LogP contribution in [0, 0.1) is 0 Å². The quantitative estimate of drug-likeness (QED) is 0.863. The van der Waals surface area contributed by atoms with Gasteiger partial charge in [-0.3, -0.25) is 4.79 Å². The van der Waals surface area contributed by atoms with Crippen LogP contribution in [-0.4, -0.2) is 23.0 Å². The molecule has 18 heavy (non-hydrogen) atoms. The Kier molecular flexibility index (Phi) is 2.54. The zero-order valence-electron chi connectivity index (χ0n) is 9.59. The second kappa shape index (κ2) is 3.87. The van der Waals surface area contributed by atoms with Crippen LogP contribution >= 0.6 is 23.2 Å². The molecule has 0 unspecified atom stereocenters. The number of nitrogens with one attached hydrogen (secondary N) is 1. The number of hydrogen-bond acceptors (Lipinski definition) is 3. The van der Waals surface area contributed by atoms with E-state index in [9.17, 15) is 4.79 Å². The molecule has 94 valence electrons. The van der Waals surface area contributed by atoms with E-state index in [2.05, 4.69) is 9.97 Å². The van der Waals surface area contributed by atoms with E-state index in [0.717, 1.165) is 18.4 Å². The molecule has 2 aromatic rings. The van der Waals surface area contributed by atoms with Gasteiger partial charge in [-0.1, -0.05) is 23.2 Å². The molecule has 0 amide bonds. The summed E-state index contributed by atoms with van der Waals surface area (Å²) in [6.07, 6.45) is 1.50. The van der Waals surface area contributed by atoms with Gasteiger partial charge in [0, 0.05) is 0 Å². The van der Waals surface area contributed by atoms with E-state index in [0.29, 0.717) is 21.4 Å². The van der Waals surface area contributed by atoms with Crippen LogP contribution in [0.2, 0.25) is 10.0 Å². The first-order valence-corrected chi connectivity index (χ1v) is 6.26. The number of nitrogens with zero attached hydrogens (tertiary/aromatic N) is 1. The van der Waals surface area contributed by atoms with Gasteiger partial charge in [-0.25, -0.2) is 4.98 Å². The Bertz CT molecular complexity index is 608. The van der Waals surface area contributed by atoms with Gasteiger partial charge in [0.05, 0.1) is 28.2 Å². The smallest absolute Gasteiger partial charge is 0.319 e. The average Bonchev–Trinajstić information content (AvgIpc) is 3.06. The maximum Gasteiger partial charge on any atom is 0.319 e. The number of aromatic amines is 1. The lowest BCUT2D eigenvalue weighted by atomic mass is 10.1. The summed E-state index contributed by atoms with van der Waals surface area (Å²) in [6.45, 7) is 0. The summed E-state index contributed by atoms with van der Waals surface area (Å²) in [4.78, 5) is 19.3. The van der Waals surface area contributed by atoms with Gasteiger partial charge in [-0.05, 0) is 25.0 Å². The number of H-pyrrole nitrogens is 1. The Hall–Kier alpha value is -1.26. The fourth-order valence-corrected chi connectivity index (χ4v) is 2.41. The van der Waals surface area contributed by atoms with Gasteiger partial charge in [0.1, 0.15) is 11.2 Å². The van der Waals surface area contributed by atoms with Crippen molar-refractivity contribution in [1.29, 1.82) is 0 Å². The first-order chi connectivity index (χ1) is 8.56. The van der Waals surface area contributed by atoms with Gasteiger partial charge in [0.25, 0.3) is 0 Å². The van der Waals surface area contributed by atoms with E-state index in [4.69, 9.17) is 27.9 Å². The fraction of sp³-hybridized carbons (Fsp3) is 0.333. The molecule has 0 radical (unpaired) electrons. The lowest BCUT2D eigenvalue weighted by molar-refractivity contribution is -0.143. The van der Waals surface area contributed by atoms with Crippen LogP contribution in [-0.2, 0) is 14.9 Å². The number of ether oxygens (including phenoxy) is 1. The van der Waals surface area contributed by atoms with E-state index >= 15 is 0 Å². The number of esters is 1. The standard InChI is InChI=1S/C12H10Cl2N2O2/c1-18-11(17)12(2-3-12)10-15-8-4-6(13)7(14)5-9(8)16-10/h4-5H,2-3H2,1H3,(H,15,16). The van der Waals surface area contributed by atoms with Crippen LogP contribution in [0.1, 0.15) is 18.7 Å². The van der Waals surface area contributed by atoms with Crippen LogP contribution in [0.25, 0.3) is 11.0 Å². The van der Waals surface area contributed by atoms with E-state index in [1.165, 1.54) is 7.11 Å². The summed E-state index contributed by atoms with van der Waals surface area (Å²) in [5.74, 6) is 0.376. The number of carbonyl (C=O) groups is 1. The third-order valence-electron chi connectivity index (χ3n) is 3.30. The SMILES string of the molecule is COC(=O)C1(c2nc3cc(Cl)c(Cl)cc3[nH]2)CC1. The summed E-state index contributed by atoms with van der Waals surface area (Å²) < 4.78 is 4.82. The van der Waals surface area contributed by atoms with Gasteiger partial charge in [-0.15, -0.1) is 0 Å². The van der Waals surface area contributed by atoms with Gasteiger partial charge >= 0.3 is 5.97 Å². The molecule has 0 saturated heterocycles. The molecule has 1 aliphatic carbocycles. The van der Waals surface area contributed by atoms with Crippen molar-refractivity contribution < 1.29 is 9.53 Å². The molecular weight excluding hydrogens is 275 g/mol. The summed E-state index contributed by atoms with van der Waals surface area (Å²) in [5.41, 5.74) is 0.872. The Labute approximate surface area is 113 Å². The topological polar surface area (TPSA) is 55.0 Å². The maximum atomic E-state index is 11.8. The number of methoxy groups -OCH3 is 1. The predicted molar refractivity (Wildman–Crippen MR) is 69.0 cm³/mol. The minimum atomic E-state index is -0.604. The number of benzene rings is 1. The molecule has 0 atom stereocenters. The third-order valence-corrected chi connectivity index (χ3v) is 4.03. The Morgan fingerprint density at radius 1 is 1.39 bits per heavy atom. The molecule has 3 rings (SSSR count). The molecular formula is C12H10Cl2N2O2. The maximum absolute atomic E-state index is 11.8. The number of imidazole rings is 1. The normalized spacial score (nSPS) is 16.8. The predicted octanol–water partition coefficient (Wildman–Crippen LogP) is 3.07. The van der Waals surface area contributed by atoms with Crippen molar-refractivity contribution in [1.82, 2.24) is 9.97 Å². The third kappa shape index (κ3) is 1.60. The van der Waals surface area contributed by atoms with Crippen molar-refractivity contribution in [2.45, 2.75) is 18.3 Å².